The number of hydrogen-bond acceptors (Lipinski definition) is 6. The number of rotatable bonds is 14. The quantitative estimate of drug-likeness (QED) is 0.112. The second-order valence-electron chi connectivity index (χ2n) is 21.2. The van der Waals surface area contributed by atoms with Gasteiger partial charge >= 0.3 is 23.6 Å². The van der Waals surface area contributed by atoms with Crippen LogP contribution in [-0.4, -0.2) is 112 Å². The summed E-state index contributed by atoms with van der Waals surface area (Å²) in [6.07, 6.45) is 12.4. The summed E-state index contributed by atoms with van der Waals surface area (Å²) < 4.78 is 0. The van der Waals surface area contributed by atoms with Crippen LogP contribution in [0.1, 0.15) is 74.5 Å². The fourth-order valence-electron chi connectivity index (χ4n) is 13.9. The fourth-order valence-corrected chi connectivity index (χ4v) is 13.9. The minimum Gasteiger partial charge on any atom is -0.508 e. The zero-order valence-electron chi connectivity index (χ0n) is 38.0. The van der Waals surface area contributed by atoms with E-state index in [0.717, 1.165) is 71.0 Å². The van der Waals surface area contributed by atoms with E-state index in [1.54, 1.807) is 17.0 Å². The van der Waals surface area contributed by atoms with Gasteiger partial charge in [0, 0.05) is 44.8 Å². The van der Waals surface area contributed by atoms with Gasteiger partial charge < -0.3 is 25.1 Å². The maximum absolute atomic E-state index is 14.9. The van der Waals surface area contributed by atoms with E-state index in [1.165, 1.54) is 49.3 Å². The Morgan fingerprint density at radius 1 is 0.636 bits per heavy atom. The predicted molar refractivity (Wildman–Crippen MR) is 256 cm³/mol. The molecule has 2 N–H and O–H groups in total. The molecular weight excluding hydrogens is 823 g/mol. The molecule has 10 heteroatoms. The third-order valence-electron chi connectivity index (χ3n) is 16.8. The van der Waals surface area contributed by atoms with E-state index >= 15 is 0 Å². The van der Waals surface area contributed by atoms with Crippen molar-refractivity contribution in [1.29, 1.82) is 0 Å². The van der Waals surface area contributed by atoms with Gasteiger partial charge in [-0.05, 0) is 157 Å². The van der Waals surface area contributed by atoms with Crippen LogP contribution in [0, 0.1) is 23.2 Å². The van der Waals surface area contributed by atoms with Gasteiger partial charge in [-0.25, -0.2) is 0 Å². The van der Waals surface area contributed by atoms with Gasteiger partial charge in [0.15, 0.2) is 0 Å². The zero-order chi connectivity index (χ0) is 44.9. The second kappa shape index (κ2) is 17.8. The Kier molecular flexibility index (Phi) is 11.6. The van der Waals surface area contributed by atoms with Gasteiger partial charge in [-0.1, -0.05) is 97.1 Å². The van der Waals surface area contributed by atoms with Crippen molar-refractivity contribution in [2.45, 2.75) is 101 Å². The Morgan fingerprint density at radius 2 is 1.23 bits per heavy atom. The van der Waals surface area contributed by atoms with Crippen LogP contribution < -0.4 is 5.32 Å². The number of hydrogen-bond donors (Lipinski definition) is 2. The molecule has 0 spiro atoms. The van der Waals surface area contributed by atoms with Crippen LogP contribution >= 0.6 is 0 Å². The molecule has 4 atom stereocenters. The molecule has 4 saturated carbocycles. The molecule has 5 aromatic carbocycles. The molecule has 3 aliphatic heterocycles. The number of nitrogens with one attached hydrogen (secondary N) is 1. The summed E-state index contributed by atoms with van der Waals surface area (Å²) in [6, 6.07) is 36.1. The van der Waals surface area contributed by atoms with Crippen molar-refractivity contribution in [2.24, 2.45) is 23.2 Å². The Labute approximate surface area is 388 Å². The lowest BCUT2D eigenvalue weighted by molar-refractivity contribution is -0.162. The molecule has 7 fully saturated rings. The minimum atomic E-state index is -0.567. The van der Waals surface area contributed by atoms with Gasteiger partial charge in [-0.3, -0.25) is 24.1 Å². The van der Waals surface area contributed by atoms with Crippen molar-refractivity contribution in [2.75, 3.05) is 39.3 Å². The standard InChI is InChI=1S/C56H63N5O5/c62-51-17-13-37(14-18-51)27-49(34-58-20-5-10-47(58)35-60-48(33-57-52(63)53(60)64)28-38-11-15-43-6-1-3-8-45(43)25-38)61-36-50(29-39-12-16-44-7-2-4-9-46(44)26-39)59(54(65)55(61)66)21-19-56-30-40-22-41(31-56)24-42(23-40)32-56/h1-4,6-9,11-18,25-26,40-42,47-50,62H,5,10,19-24,27-36H2,(H,57,63). The fraction of sp³-hybridized carbons (Fsp3) is 0.464. The molecule has 5 aromatic rings. The number of phenolic OH excluding ortho intramolecular Hbond substituents is 1. The average molecular weight is 886 g/mol. The minimum absolute atomic E-state index is 0.0259. The van der Waals surface area contributed by atoms with Gasteiger partial charge in [0.05, 0.1) is 12.1 Å². The van der Waals surface area contributed by atoms with Crippen LogP contribution in [0.25, 0.3) is 21.5 Å². The molecular formula is C56H63N5O5. The third-order valence-corrected chi connectivity index (χ3v) is 16.8. The summed E-state index contributed by atoms with van der Waals surface area (Å²) in [5.74, 6) is 0.722. The Hall–Kier alpha value is -5.74. The van der Waals surface area contributed by atoms with Crippen LogP contribution in [0.4, 0.5) is 0 Å². The average Bonchev–Trinajstić information content (AvgIpc) is 3.75. The second-order valence-corrected chi connectivity index (χ2v) is 21.2. The molecule has 7 aliphatic rings. The first-order chi connectivity index (χ1) is 32.1. The summed E-state index contributed by atoms with van der Waals surface area (Å²) in [4.78, 5) is 64.4. The lowest BCUT2D eigenvalue weighted by Crippen LogP contribution is -2.65. The monoisotopic (exact) mass is 885 g/mol. The van der Waals surface area contributed by atoms with Crippen molar-refractivity contribution in [3.8, 4) is 5.75 Å². The molecule has 0 aromatic heterocycles. The molecule has 4 amide bonds. The van der Waals surface area contributed by atoms with Crippen molar-refractivity contribution in [3.63, 3.8) is 0 Å². The molecule has 3 heterocycles. The van der Waals surface area contributed by atoms with Crippen LogP contribution in [0.2, 0.25) is 0 Å². The van der Waals surface area contributed by atoms with Gasteiger partial charge in [-0.2, -0.15) is 0 Å². The summed E-state index contributed by atoms with van der Waals surface area (Å²) in [5.41, 5.74) is 3.52. The molecule has 10 nitrogen and oxygen atoms in total. The summed E-state index contributed by atoms with van der Waals surface area (Å²) in [6.45, 7) is 3.13. The third kappa shape index (κ3) is 8.69. The molecule has 342 valence electrons. The number of amides is 4. The maximum atomic E-state index is 14.9. The molecule has 4 aliphatic carbocycles. The number of phenols is 1. The highest BCUT2D eigenvalue weighted by Crippen LogP contribution is 2.61. The van der Waals surface area contributed by atoms with Crippen molar-refractivity contribution < 1.29 is 24.3 Å². The normalized spacial score (nSPS) is 28.2. The van der Waals surface area contributed by atoms with Crippen LogP contribution in [-0.2, 0) is 38.4 Å². The molecule has 3 saturated heterocycles. The highest BCUT2D eigenvalue weighted by molar-refractivity contribution is 6.36. The van der Waals surface area contributed by atoms with E-state index in [0.29, 0.717) is 52.0 Å². The number of piperazine rings is 2. The largest absolute Gasteiger partial charge is 0.508 e. The van der Waals surface area contributed by atoms with Gasteiger partial charge in [-0.15, -0.1) is 0 Å². The van der Waals surface area contributed by atoms with E-state index in [2.05, 4.69) is 83.0 Å². The summed E-state index contributed by atoms with van der Waals surface area (Å²) in [5, 5.41) is 17.7. The van der Waals surface area contributed by atoms with Crippen molar-refractivity contribution >= 4 is 45.2 Å². The Balaban J connectivity index is 0.866. The molecule has 66 heavy (non-hydrogen) atoms. The first-order valence-corrected chi connectivity index (χ1v) is 24.8. The van der Waals surface area contributed by atoms with E-state index < -0.39 is 23.6 Å². The first kappa shape index (κ1) is 42.9. The number of fused-ring (bicyclic) bond motifs is 2. The van der Waals surface area contributed by atoms with Crippen LogP contribution in [0.5, 0.6) is 5.75 Å². The smallest absolute Gasteiger partial charge is 0.312 e. The number of aromatic hydroxyl groups is 1. The highest BCUT2D eigenvalue weighted by Gasteiger charge is 2.52. The van der Waals surface area contributed by atoms with Gasteiger partial charge in [0.2, 0.25) is 0 Å². The zero-order valence-corrected chi connectivity index (χ0v) is 38.0. The summed E-state index contributed by atoms with van der Waals surface area (Å²) >= 11 is 0. The molecule has 4 bridgehead atoms. The summed E-state index contributed by atoms with van der Waals surface area (Å²) in [7, 11) is 0. The number of likely N-dealkylation sites (tertiary alicyclic amines) is 1. The Morgan fingerprint density at radius 3 is 1.86 bits per heavy atom. The molecule has 12 rings (SSSR count). The van der Waals surface area contributed by atoms with E-state index in [4.69, 9.17) is 0 Å². The van der Waals surface area contributed by atoms with Gasteiger partial charge in [0.1, 0.15) is 5.75 Å². The van der Waals surface area contributed by atoms with Crippen molar-refractivity contribution in [3.05, 3.63) is 126 Å². The lowest BCUT2D eigenvalue weighted by atomic mass is 9.49. The van der Waals surface area contributed by atoms with Crippen LogP contribution in [0.15, 0.2) is 109 Å². The topological polar surface area (TPSA) is 114 Å². The molecule has 0 radical (unpaired) electrons. The SMILES string of the molecule is O=C1NCC(Cc2ccc3ccccc3c2)N(CC2CCCN2CC(Cc2ccc(O)cc2)N2CC(Cc3ccc4ccccc4c3)N(CCC34CC5CC(CC(C5)C3)C4)C(=O)C2=O)C1=O. The first-order valence-electron chi connectivity index (χ1n) is 24.8. The predicted octanol–water partition coefficient (Wildman–Crippen LogP) is 7.53. The number of benzene rings is 5. The van der Waals surface area contributed by atoms with E-state index in [1.807, 2.05) is 34.1 Å². The molecule has 4 unspecified atom stereocenters. The van der Waals surface area contributed by atoms with E-state index in [-0.39, 0.29) is 35.3 Å². The van der Waals surface area contributed by atoms with Gasteiger partial charge in [0.25, 0.3) is 0 Å². The maximum Gasteiger partial charge on any atom is 0.312 e. The number of nitrogens with zero attached hydrogens (tertiary/aromatic N) is 4. The number of carbonyl (C=O) groups excluding carboxylic acids is 4. The van der Waals surface area contributed by atoms with E-state index in [9.17, 15) is 24.3 Å². The highest BCUT2D eigenvalue weighted by atomic mass is 16.3. The Bertz CT molecular complexity index is 2610. The number of carbonyl (C=O) groups is 4. The van der Waals surface area contributed by atoms with Crippen molar-refractivity contribution in [1.82, 2.24) is 24.9 Å². The lowest BCUT2D eigenvalue weighted by Gasteiger charge is -2.57. The van der Waals surface area contributed by atoms with Crippen LogP contribution in [0.3, 0.4) is 0 Å².